The van der Waals surface area contributed by atoms with Crippen LogP contribution in [0, 0.1) is 6.92 Å². The molecule has 0 aliphatic heterocycles. The summed E-state index contributed by atoms with van der Waals surface area (Å²) in [5, 5.41) is 9.43. The number of carbonyl (C=O) groups is 1. The molecule has 2 nitrogen and oxygen atoms in total. The van der Waals surface area contributed by atoms with Gasteiger partial charge in [0.1, 0.15) is 11.5 Å². The largest absolute Gasteiger partial charge is 0.508 e. The highest BCUT2D eigenvalue weighted by Crippen LogP contribution is 2.32. The van der Waals surface area contributed by atoms with Crippen molar-refractivity contribution < 1.29 is 9.90 Å². The molecule has 1 aromatic carbocycles. The quantitative estimate of drug-likeness (QED) is 0.763. The van der Waals surface area contributed by atoms with Gasteiger partial charge in [-0.05, 0) is 42.9 Å². The predicted octanol–water partition coefficient (Wildman–Crippen LogP) is 2.93. The second-order valence-electron chi connectivity index (χ2n) is 4.36. The molecule has 0 atom stereocenters. The van der Waals surface area contributed by atoms with Gasteiger partial charge in [-0.2, -0.15) is 0 Å². The summed E-state index contributed by atoms with van der Waals surface area (Å²) in [6.07, 6.45) is 3.35. The summed E-state index contributed by atoms with van der Waals surface area (Å²) >= 11 is 0. The van der Waals surface area contributed by atoms with Crippen molar-refractivity contribution >= 4 is 5.78 Å². The zero-order valence-corrected chi connectivity index (χ0v) is 8.99. The molecule has 0 radical (unpaired) electrons. The van der Waals surface area contributed by atoms with Crippen LogP contribution in [-0.2, 0) is 4.79 Å². The average molecular weight is 204 g/mol. The Balaban J connectivity index is 2.16. The average Bonchev–Trinajstić information content (AvgIpc) is 2.23. The van der Waals surface area contributed by atoms with Gasteiger partial charge in [0, 0.05) is 12.8 Å². The van der Waals surface area contributed by atoms with Crippen molar-refractivity contribution in [1.82, 2.24) is 0 Å². The lowest BCUT2D eigenvalue weighted by atomic mass is 9.83. The lowest BCUT2D eigenvalue weighted by molar-refractivity contribution is -0.120. The SMILES string of the molecule is Cc1cc(C2CCC(=O)CC2)ccc1O. The van der Waals surface area contributed by atoms with Gasteiger partial charge in [0.25, 0.3) is 0 Å². The van der Waals surface area contributed by atoms with Crippen LogP contribution >= 0.6 is 0 Å². The van der Waals surface area contributed by atoms with E-state index in [4.69, 9.17) is 0 Å². The van der Waals surface area contributed by atoms with Crippen LogP contribution in [-0.4, -0.2) is 10.9 Å². The third-order valence-corrected chi connectivity index (χ3v) is 3.24. The van der Waals surface area contributed by atoms with E-state index < -0.39 is 0 Å². The summed E-state index contributed by atoms with van der Waals surface area (Å²) < 4.78 is 0. The van der Waals surface area contributed by atoms with Crippen molar-refractivity contribution in [2.45, 2.75) is 38.5 Å². The van der Waals surface area contributed by atoms with Crippen LogP contribution < -0.4 is 0 Å². The second-order valence-corrected chi connectivity index (χ2v) is 4.36. The summed E-state index contributed by atoms with van der Waals surface area (Å²) in [6, 6.07) is 5.76. The molecule has 1 N–H and O–H groups in total. The van der Waals surface area contributed by atoms with E-state index in [0.717, 1.165) is 18.4 Å². The van der Waals surface area contributed by atoms with Gasteiger partial charge in [0.05, 0.1) is 0 Å². The van der Waals surface area contributed by atoms with Gasteiger partial charge in [-0.25, -0.2) is 0 Å². The Hall–Kier alpha value is -1.31. The molecule has 80 valence electrons. The van der Waals surface area contributed by atoms with E-state index in [1.165, 1.54) is 5.56 Å². The number of hydrogen-bond acceptors (Lipinski definition) is 2. The summed E-state index contributed by atoms with van der Waals surface area (Å²) in [6.45, 7) is 1.91. The molecule has 0 heterocycles. The summed E-state index contributed by atoms with van der Waals surface area (Å²) in [5.74, 6) is 1.24. The van der Waals surface area contributed by atoms with E-state index in [0.29, 0.717) is 30.3 Å². The number of hydrogen-bond donors (Lipinski definition) is 1. The van der Waals surface area contributed by atoms with E-state index in [-0.39, 0.29) is 0 Å². The van der Waals surface area contributed by atoms with Gasteiger partial charge in [0.15, 0.2) is 0 Å². The topological polar surface area (TPSA) is 37.3 Å². The lowest BCUT2D eigenvalue weighted by Crippen LogP contribution is -2.12. The number of rotatable bonds is 1. The first-order valence-corrected chi connectivity index (χ1v) is 5.48. The maximum absolute atomic E-state index is 11.1. The maximum Gasteiger partial charge on any atom is 0.132 e. The van der Waals surface area contributed by atoms with Gasteiger partial charge in [0.2, 0.25) is 0 Å². The Kier molecular flexibility index (Phi) is 2.76. The molecule has 0 spiro atoms. The van der Waals surface area contributed by atoms with Gasteiger partial charge in [-0.15, -0.1) is 0 Å². The van der Waals surface area contributed by atoms with Gasteiger partial charge in [-0.1, -0.05) is 12.1 Å². The van der Waals surface area contributed by atoms with Crippen LogP contribution in [0.25, 0.3) is 0 Å². The molecule has 1 saturated carbocycles. The summed E-state index contributed by atoms with van der Waals surface area (Å²) in [5.41, 5.74) is 2.18. The Morgan fingerprint density at radius 3 is 2.53 bits per heavy atom. The zero-order valence-electron chi connectivity index (χ0n) is 8.99. The lowest BCUT2D eigenvalue weighted by Gasteiger charge is -2.21. The Morgan fingerprint density at radius 2 is 1.93 bits per heavy atom. The molecule has 2 heteroatoms. The molecule has 1 aliphatic rings. The van der Waals surface area contributed by atoms with E-state index in [1.54, 1.807) is 6.07 Å². The molecule has 1 aliphatic carbocycles. The molecule has 0 aromatic heterocycles. The van der Waals surface area contributed by atoms with E-state index >= 15 is 0 Å². The Bertz CT molecular complexity index is 372. The Labute approximate surface area is 89.9 Å². The number of benzene rings is 1. The van der Waals surface area contributed by atoms with Crippen molar-refractivity contribution in [1.29, 1.82) is 0 Å². The van der Waals surface area contributed by atoms with Crippen LogP contribution in [0.1, 0.15) is 42.7 Å². The molecule has 2 rings (SSSR count). The van der Waals surface area contributed by atoms with E-state index in [1.807, 2.05) is 19.1 Å². The fourth-order valence-electron chi connectivity index (χ4n) is 2.21. The first-order valence-electron chi connectivity index (χ1n) is 5.48. The van der Waals surface area contributed by atoms with Gasteiger partial charge < -0.3 is 5.11 Å². The molecule has 1 fully saturated rings. The number of phenols is 1. The van der Waals surface area contributed by atoms with Crippen LogP contribution in [0.2, 0.25) is 0 Å². The molecule has 0 bridgehead atoms. The molecule has 0 unspecified atom stereocenters. The van der Waals surface area contributed by atoms with Crippen molar-refractivity contribution in [3.8, 4) is 5.75 Å². The van der Waals surface area contributed by atoms with Crippen molar-refractivity contribution in [3.05, 3.63) is 29.3 Å². The first-order chi connectivity index (χ1) is 7.16. The predicted molar refractivity (Wildman–Crippen MR) is 59.1 cm³/mol. The van der Waals surface area contributed by atoms with Crippen molar-refractivity contribution in [3.63, 3.8) is 0 Å². The fraction of sp³-hybridized carbons (Fsp3) is 0.462. The minimum absolute atomic E-state index is 0.352. The standard InChI is InChI=1S/C13H16O2/c1-9-8-11(4-7-13(9)15)10-2-5-12(14)6-3-10/h4,7-8,10,15H,2-3,5-6H2,1H3. The van der Waals surface area contributed by atoms with E-state index in [2.05, 4.69) is 0 Å². The molecule has 15 heavy (non-hydrogen) atoms. The minimum Gasteiger partial charge on any atom is -0.508 e. The number of ketones is 1. The molecule has 0 saturated heterocycles. The highest BCUT2D eigenvalue weighted by Gasteiger charge is 2.20. The highest BCUT2D eigenvalue weighted by molar-refractivity contribution is 5.79. The molecular weight excluding hydrogens is 188 g/mol. The first kappa shape index (κ1) is 10.2. The Morgan fingerprint density at radius 1 is 1.27 bits per heavy atom. The monoisotopic (exact) mass is 204 g/mol. The smallest absolute Gasteiger partial charge is 0.132 e. The van der Waals surface area contributed by atoms with Gasteiger partial charge >= 0.3 is 0 Å². The number of aromatic hydroxyl groups is 1. The van der Waals surface area contributed by atoms with Crippen LogP contribution in [0.5, 0.6) is 5.75 Å². The van der Waals surface area contributed by atoms with Crippen LogP contribution in [0.15, 0.2) is 18.2 Å². The molecule has 0 amide bonds. The van der Waals surface area contributed by atoms with Crippen LogP contribution in [0.3, 0.4) is 0 Å². The van der Waals surface area contributed by atoms with E-state index in [9.17, 15) is 9.90 Å². The number of aryl methyl sites for hydroxylation is 1. The molecule has 1 aromatic rings. The summed E-state index contributed by atoms with van der Waals surface area (Å²) in [7, 11) is 0. The van der Waals surface area contributed by atoms with Crippen molar-refractivity contribution in [2.75, 3.05) is 0 Å². The molecular formula is C13H16O2. The normalized spacial score (nSPS) is 18.1. The minimum atomic E-state index is 0.352. The number of carbonyl (C=O) groups excluding carboxylic acids is 1. The number of Topliss-reactive ketones (excluding diaryl/α,β-unsaturated/α-hetero) is 1. The zero-order chi connectivity index (χ0) is 10.8. The fourth-order valence-corrected chi connectivity index (χ4v) is 2.21. The van der Waals surface area contributed by atoms with Crippen LogP contribution in [0.4, 0.5) is 0 Å². The number of phenolic OH excluding ortho intramolecular Hbond substituents is 1. The second kappa shape index (κ2) is 4.05. The van der Waals surface area contributed by atoms with Crippen molar-refractivity contribution in [2.24, 2.45) is 0 Å². The third kappa shape index (κ3) is 2.20. The highest BCUT2D eigenvalue weighted by atomic mass is 16.3. The summed E-state index contributed by atoms with van der Waals surface area (Å²) in [4.78, 5) is 11.1. The maximum atomic E-state index is 11.1. The third-order valence-electron chi connectivity index (χ3n) is 3.24. The van der Waals surface area contributed by atoms with Gasteiger partial charge in [-0.3, -0.25) is 4.79 Å².